The van der Waals surface area contributed by atoms with Crippen molar-refractivity contribution in [2.75, 3.05) is 20.3 Å². The van der Waals surface area contributed by atoms with Crippen LogP contribution < -0.4 is 0 Å². The van der Waals surface area contributed by atoms with E-state index in [-0.39, 0.29) is 15.2 Å². The van der Waals surface area contributed by atoms with Crippen LogP contribution >= 0.6 is 34.3 Å². The first-order valence-corrected chi connectivity index (χ1v) is 9.18. The number of hydrogen-bond acceptors (Lipinski definition) is 6. The highest BCUT2D eigenvalue weighted by atomic mass is 35.5. The molecule has 0 saturated heterocycles. The minimum Gasteiger partial charge on any atom is -0.383 e. The Kier molecular flexibility index (Phi) is 5.53. The van der Waals surface area contributed by atoms with Crippen molar-refractivity contribution in [3.63, 3.8) is 0 Å². The average molecular weight is 353 g/mol. The third kappa shape index (κ3) is 3.78. The van der Waals surface area contributed by atoms with Crippen LogP contribution in [0.5, 0.6) is 0 Å². The summed E-state index contributed by atoms with van der Waals surface area (Å²) in [7, 11) is -2.06. The van der Waals surface area contributed by atoms with Gasteiger partial charge in [0.1, 0.15) is 0 Å². The van der Waals surface area contributed by atoms with Crippen molar-refractivity contribution in [1.82, 2.24) is 9.29 Å². The van der Waals surface area contributed by atoms with Gasteiger partial charge in [-0.15, -0.1) is 11.3 Å². The average Bonchev–Trinajstić information content (AvgIpc) is 3.05. The van der Waals surface area contributed by atoms with Crippen molar-refractivity contribution >= 4 is 44.3 Å². The molecule has 0 aromatic carbocycles. The Morgan fingerprint density at radius 3 is 2.85 bits per heavy atom. The fourth-order valence-electron chi connectivity index (χ4n) is 1.54. The molecule has 2 aromatic heterocycles. The van der Waals surface area contributed by atoms with Crippen LogP contribution in [0.15, 0.2) is 27.9 Å². The molecule has 0 bridgehead atoms. The van der Waals surface area contributed by atoms with E-state index in [4.69, 9.17) is 16.3 Å². The third-order valence-corrected chi connectivity index (χ3v) is 6.77. The lowest BCUT2D eigenvalue weighted by molar-refractivity contribution is 0.178. The number of nitrogens with zero attached hydrogens (tertiary/aromatic N) is 2. The zero-order chi connectivity index (χ0) is 14.6. The fourth-order valence-corrected chi connectivity index (χ4v) is 5.19. The summed E-state index contributed by atoms with van der Waals surface area (Å²) in [5.41, 5.74) is 0. The van der Waals surface area contributed by atoms with E-state index in [2.05, 4.69) is 4.98 Å². The van der Waals surface area contributed by atoms with E-state index in [0.717, 1.165) is 16.2 Å². The van der Waals surface area contributed by atoms with Crippen molar-refractivity contribution in [1.29, 1.82) is 0 Å². The molecule has 5 nitrogen and oxygen atoms in total. The Balaban J connectivity index is 2.25. The van der Waals surface area contributed by atoms with Gasteiger partial charge in [-0.05, 0) is 11.4 Å². The van der Waals surface area contributed by atoms with Gasteiger partial charge in [0.05, 0.1) is 12.8 Å². The molecular weight excluding hydrogens is 340 g/mol. The van der Waals surface area contributed by atoms with Gasteiger partial charge in [0.15, 0.2) is 8.68 Å². The summed E-state index contributed by atoms with van der Waals surface area (Å²) in [6.45, 7) is 0.933. The Morgan fingerprint density at radius 2 is 2.30 bits per heavy atom. The van der Waals surface area contributed by atoms with Gasteiger partial charge in [0, 0.05) is 25.1 Å². The zero-order valence-corrected chi connectivity index (χ0v) is 13.9. The van der Waals surface area contributed by atoms with Crippen LogP contribution in [0.25, 0.3) is 0 Å². The van der Waals surface area contributed by atoms with Crippen molar-refractivity contribution in [2.45, 2.75) is 10.8 Å². The highest BCUT2D eigenvalue weighted by Crippen LogP contribution is 2.27. The van der Waals surface area contributed by atoms with Crippen LogP contribution in [-0.2, 0) is 21.3 Å². The highest BCUT2D eigenvalue weighted by Gasteiger charge is 2.27. The number of thiazole rings is 1. The molecule has 9 heteroatoms. The number of halogens is 1. The topological polar surface area (TPSA) is 59.5 Å². The van der Waals surface area contributed by atoms with Gasteiger partial charge >= 0.3 is 0 Å². The lowest BCUT2D eigenvalue weighted by Gasteiger charge is -2.20. The summed E-state index contributed by atoms with van der Waals surface area (Å²) in [5.74, 6) is 0. The first-order valence-electron chi connectivity index (χ1n) is 5.67. The summed E-state index contributed by atoms with van der Waals surface area (Å²) in [4.78, 5) is 4.76. The van der Waals surface area contributed by atoms with Crippen LogP contribution in [0.1, 0.15) is 4.88 Å². The summed E-state index contributed by atoms with van der Waals surface area (Å²) in [6.07, 6.45) is 1.29. The maximum Gasteiger partial charge on any atom is 0.254 e. The molecule has 0 atom stereocenters. The van der Waals surface area contributed by atoms with E-state index in [9.17, 15) is 8.42 Å². The second kappa shape index (κ2) is 6.97. The van der Waals surface area contributed by atoms with Crippen LogP contribution in [0, 0.1) is 0 Å². The molecule has 0 aliphatic heterocycles. The minimum atomic E-state index is -3.60. The van der Waals surface area contributed by atoms with E-state index < -0.39 is 10.0 Å². The van der Waals surface area contributed by atoms with Gasteiger partial charge in [-0.3, -0.25) is 0 Å². The van der Waals surface area contributed by atoms with Gasteiger partial charge in [-0.2, -0.15) is 4.31 Å². The summed E-state index contributed by atoms with van der Waals surface area (Å²) in [5, 5.41) is 1.92. The second-order valence-corrected chi connectivity index (χ2v) is 8.65. The molecule has 0 amide bonds. The Labute approximate surface area is 130 Å². The number of aromatic nitrogens is 1. The molecule has 20 heavy (non-hydrogen) atoms. The van der Waals surface area contributed by atoms with Gasteiger partial charge in [-0.25, -0.2) is 13.4 Å². The van der Waals surface area contributed by atoms with E-state index in [1.165, 1.54) is 21.8 Å². The predicted molar refractivity (Wildman–Crippen MR) is 80.9 cm³/mol. The number of sulfonamides is 1. The SMILES string of the molecule is COCCN(Cc1cccs1)S(=O)(=O)c1cnc(Cl)s1. The minimum absolute atomic E-state index is 0.148. The van der Waals surface area contributed by atoms with E-state index in [1.54, 1.807) is 7.11 Å². The quantitative estimate of drug-likeness (QED) is 0.768. The molecule has 0 aliphatic carbocycles. The summed E-state index contributed by atoms with van der Waals surface area (Å²) < 4.78 is 31.9. The molecule has 0 unspecified atom stereocenters. The lowest BCUT2D eigenvalue weighted by Crippen LogP contribution is -2.32. The molecule has 2 aromatic rings. The van der Waals surface area contributed by atoms with Crippen LogP contribution in [0.2, 0.25) is 4.47 Å². The molecule has 0 N–H and O–H groups in total. The first kappa shape index (κ1) is 15.9. The standard InChI is InChI=1S/C11H13ClN2O3S3/c1-17-5-4-14(8-9-3-2-6-18-9)20(15,16)10-7-13-11(12)19-10/h2-3,6-7H,4-5,8H2,1H3. The molecule has 0 aliphatic rings. The molecule has 0 radical (unpaired) electrons. The van der Waals surface area contributed by atoms with E-state index in [0.29, 0.717) is 13.2 Å². The largest absolute Gasteiger partial charge is 0.383 e. The van der Waals surface area contributed by atoms with Crippen molar-refractivity contribution < 1.29 is 13.2 Å². The first-order chi connectivity index (χ1) is 9.54. The molecule has 2 heterocycles. The monoisotopic (exact) mass is 352 g/mol. The van der Waals surface area contributed by atoms with Crippen molar-refractivity contribution in [3.05, 3.63) is 33.1 Å². The van der Waals surface area contributed by atoms with E-state index in [1.807, 2.05) is 17.5 Å². The molecule has 2 rings (SSSR count). The number of hydrogen-bond donors (Lipinski definition) is 0. The van der Waals surface area contributed by atoms with Crippen molar-refractivity contribution in [3.8, 4) is 0 Å². The molecule has 0 saturated carbocycles. The normalized spacial score (nSPS) is 12.2. The van der Waals surface area contributed by atoms with Crippen molar-refractivity contribution in [2.24, 2.45) is 0 Å². The maximum atomic E-state index is 12.6. The summed E-state index contributed by atoms with van der Waals surface area (Å²) >= 11 is 8.19. The summed E-state index contributed by atoms with van der Waals surface area (Å²) in [6, 6.07) is 3.80. The second-order valence-electron chi connectivity index (χ2n) is 3.84. The Hall–Kier alpha value is -0.510. The third-order valence-electron chi connectivity index (χ3n) is 2.51. The lowest BCUT2D eigenvalue weighted by atomic mass is 10.4. The molecule has 0 spiro atoms. The highest BCUT2D eigenvalue weighted by molar-refractivity contribution is 7.91. The van der Waals surface area contributed by atoms with Crippen LogP contribution in [0.4, 0.5) is 0 Å². The van der Waals surface area contributed by atoms with Gasteiger partial charge in [0.2, 0.25) is 0 Å². The number of thiophene rings is 1. The van der Waals surface area contributed by atoms with Gasteiger partial charge < -0.3 is 4.74 Å². The smallest absolute Gasteiger partial charge is 0.254 e. The fraction of sp³-hybridized carbons (Fsp3) is 0.364. The number of ether oxygens (including phenoxy) is 1. The van der Waals surface area contributed by atoms with Gasteiger partial charge in [0.25, 0.3) is 10.0 Å². The zero-order valence-electron chi connectivity index (χ0n) is 10.7. The van der Waals surface area contributed by atoms with E-state index >= 15 is 0 Å². The Morgan fingerprint density at radius 1 is 1.50 bits per heavy atom. The maximum absolute atomic E-state index is 12.6. The molecule has 110 valence electrons. The Bertz CT molecular complexity index is 640. The van der Waals surface area contributed by atoms with Gasteiger partial charge in [-0.1, -0.05) is 29.0 Å². The number of methoxy groups -OCH3 is 1. The molecular formula is C11H13ClN2O3S3. The van der Waals surface area contributed by atoms with Crippen LogP contribution in [0.3, 0.4) is 0 Å². The van der Waals surface area contributed by atoms with Crippen LogP contribution in [-0.4, -0.2) is 38.0 Å². The molecule has 0 fully saturated rings. The number of rotatable bonds is 7. The predicted octanol–water partition coefficient (Wildman–Crippen LogP) is 2.70.